The highest BCUT2D eigenvalue weighted by Gasteiger charge is 2.23. The van der Waals surface area contributed by atoms with Crippen LogP contribution in [0.2, 0.25) is 0 Å². The third kappa shape index (κ3) is 2.40. The maximum Gasteiger partial charge on any atom is 0.147 e. The van der Waals surface area contributed by atoms with E-state index < -0.39 is 0 Å². The van der Waals surface area contributed by atoms with Crippen molar-refractivity contribution in [1.29, 1.82) is 0 Å². The lowest BCUT2D eigenvalue weighted by molar-refractivity contribution is 0.0715. The van der Waals surface area contributed by atoms with E-state index in [2.05, 4.69) is 25.0 Å². The van der Waals surface area contributed by atoms with Gasteiger partial charge >= 0.3 is 0 Å². The van der Waals surface area contributed by atoms with Gasteiger partial charge < -0.3 is 14.6 Å². The molecule has 0 radical (unpaired) electrons. The average molecular weight is 225 g/mol. The summed E-state index contributed by atoms with van der Waals surface area (Å²) in [6.07, 6.45) is 1.80. The molecular formula is C10H19N5O. The number of rotatable bonds is 5. The molecule has 6 nitrogen and oxygen atoms in total. The fourth-order valence-corrected chi connectivity index (χ4v) is 2.12. The standard InChI is InChI=1S/C10H19N5O/c1-11-5-9(7-16-2)14-3-4-15-8-12-13-10(15)6-14/h8-9,11H,3-7H2,1-2H3. The summed E-state index contributed by atoms with van der Waals surface area (Å²) in [4.78, 5) is 2.39. The van der Waals surface area contributed by atoms with E-state index in [1.165, 1.54) is 0 Å². The van der Waals surface area contributed by atoms with Gasteiger partial charge in [-0.1, -0.05) is 0 Å². The van der Waals surface area contributed by atoms with Gasteiger partial charge in [-0.25, -0.2) is 0 Å². The van der Waals surface area contributed by atoms with Crippen molar-refractivity contribution < 1.29 is 4.74 Å². The lowest BCUT2D eigenvalue weighted by atomic mass is 10.2. The summed E-state index contributed by atoms with van der Waals surface area (Å²) in [5.41, 5.74) is 0. The minimum Gasteiger partial charge on any atom is -0.383 e. The van der Waals surface area contributed by atoms with E-state index in [1.54, 1.807) is 13.4 Å². The third-order valence-corrected chi connectivity index (χ3v) is 2.98. The van der Waals surface area contributed by atoms with Crippen LogP contribution in [0.3, 0.4) is 0 Å². The van der Waals surface area contributed by atoms with Crippen LogP contribution >= 0.6 is 0 Å². The topological polar surface area (TPSA) is 55.2 Å². The van der Waals surface area contributed by atoms with E-state index in [0.29, 0.717) is 6.04 Å². The molecule has 1 aromatic rings. The van der Waals surface area contributed by atoms with Crippen LogP contribution in [0.5, 0.6) is 0 Å². The van der Waals surface area contributed by atoms with Gasteiger partial charge in [0.1, 0.15) is 12.2 Å². The number of hydrogen-bond acceptors (Lipinski definition) is 5. The van der Waals surface area contributed by atoms with Crippen molar-refractivity contribution in [3.63, 3.8) is 0 Å². The number of nitrogens with one attached hydrogen (secondary N) is 1. The molecule has 1 atom stereocenters. The van der Waals surface area contributed by atoms with Crippen molar-refractivity contribution in [2.75, 3.05) is 33.9 Å². The van der Waals surface area contributed by atoms with Crippen molar-refractivity contribution in [1.82, 2.24) is 25.0 Å². The molecule has 2 rings (SSSR count). The van der Waals surface area contributed by atoms with Crippen molar-refractivity contribution >= 4 is 0 Å². The number of hydrogen-bond donors (Lipinski definition) is 1. The van der Waals surface area contributed by atoms with Gasteiger partial charge in [-0.2, -0.15) is 0 Å². The summed E-state index contributed by atoms with van der Waals surface area (Å²) in [6, 6.07) is 0.403. The Labute approximate surface area is 95.6 Å². The Morgan fingerprint density at radius 1 is 1.56 bits per heavy atom. The van der Waals surface area contributed by atoms with Crippen LogP contribution in [-0.4, -0.2) is 59.6 Å². The molecule has 1 unspecified atom stereocenters. The lowest BCUT2D eigenvalue weighted by Gasteiger charge is -2.33. The number of nitrogens with zero attached hydrogens (tertiary/aromatic N) is 4. The van der Waals surface area contributed by atoms with Crippen LogP contribution in [0.1, 0.15) is 5.82 Å². The van der Waals surface area contributed by atoms with Gasteiger partial charge in [0.05, 0.1) is 13.2 Å². The predicted octanol–water partition coefficient (Wildman–Crippen LogP) is -0.672. The van der Waals surface area contributed by atoms with E-state index in [9.17, 15) is 0 Å². The molecule has 0 spiro atoms. The van der Waals surface area contributed by atoms with Crippen LogP contribution < -0.4 is 5.32 Å². The van der Waals surface area contributed by atoms with Crippen molar-refractivity contribution in [2.45, 2.75) is 19.1 Å². The van der Waals surface area contributed by atoms with Gasteiger partial charge in [0.15, 0.2) is 0 Å². The molecule has 6 heteroatoms. The van der Waals surface area contributed by atoms with Crippen LogP contribution in [0, 0.1) is 0 Å². The van der Waals surface area contributed by atoms with Crippen LogP contribution in [0.4, 0.5) is 0 Å². The van der Waals surface area contributed by atoms with Gasteiger partial charge in [0.2, 0.25) is 0 Å². The molecule has 16 heavy (non-hydrogen) atoms. The normalized spacial score (nSPS) is 18.4. The lowest BCUT2D eigenvalue weighted by Crippen LogP contribution is -2.47. The van der Waals surface area contributed by atoms with E-state index in [1.807, 2.05) is 7.05 Å². The maximum absolute atomic E-state index is 5.25. The zero-order valence-electron chi connectivity index (χ0n) is 9.89. The number of methoxy groups -OCH3 is 1. The predicted molar refractivity (Wildman–Crippen MR) is 60.0 cm³/mol. The Kier molecular flexibility index (Phi) is 3.87. The van der Waals surface area contributed by atoms with Crippen molar-refractivity contribution in [2.24, 2.45) is 0 Å². The Morgan fingerprint density at radius 3 is 3.19 bits per heavy atom. The second kappa shape index (κ2) is 5.38. The van der Waals surface area contributed by atoms with E-state index in [0.717, 1.165) is 38.6 Å². The van der Waals surface area contributed by atoms with Crippen molar-refractivity contribution in [3.05, 3.63) is 12.2 Å². The molecule has 0 aromatic carbocycles. The fraction of sp³-hybridized carbons (Fsp3) is 0.800. The van der Waals surface area contributed by atoms with Gasteiger partial charge in [0, 0.05) is 32.8 Å². The summed E-state index contributed by atoms with van der Waals surface area (Å²) in [6.45, 7) is 4.53. The minimum atomic E-state index is 0.403. The molecule has 0 fully saturated rings. The number of aromatic nitrogens is 3. The Morgan fingerprint density at radius 2 is 2.44 bits per heavy atom. The SMILES string of the molecule is CNCC(COC)N1CCn2cnnc2C1. The molecule has 2 heterocycles. The van der Waals surface area contributed by atoms with Crippen molar-refractivity contribution in [3.8, 4) is 0 Å². The molecule has 1 aliphatic heterocycles. The van der Waals surface area contributed by atoms with Crippen LogP contribution in [-0.2, 0) is 17.8 Å². The molecule has 1 N–H and O–H groups in total. The molecule has 0 saturated heterocycles. The molecule has 0 aliphatic carbocycles. The summed E-state index contributed by atoms with van der Waals surface area (Å²) in [7, 11) is 3.71. The Hall–Kier alpha value is -0.980. The Balaban J connectivity index is 2.00. The largest absolute Gasteiger partial charge is 0.383 e. The fourth-order valence-electron chi connectivity index (χ4n) is 2.12. The smallest absolute Gasteiger partial charge is 0.147 e. The van der Waals surface area contributed by atoms with Gasteiger partial charge in [-0.3, -0.25) is 4.90 Å². The third-order valence-electron chi connectivity index (χ3n) is 2.98. The van der Waals surface area contributed by atoms with Gasteiger partial charge in [-0.15, -0.1) is 10.2 Å². The average Bonchev–Trinajstić information content (AvgIpc) is 2.75. The highest BCUT2D eigenvalue weighted by atomic mass is 16.5. The summed E-state index contributed by atoms with van der Waals surface area (Å²) >= 11 is 0. The molecule has 1 aliphatic rings. The van der Waals surface area contributed by atoms with Crippen LogP contribution in [0.15, 0.2) is 6.33 Å². The quantitative estimate of drug-likeness (QED) is 0.720. The first-order valence-electron chi connectivity index (χ1n) is 5.59. The zero-order valence-corrected chi connectivity index (χ0v) is 9.89. The second-order valence-electron chi connectivity index (χ2n) is 4.08. The minimum absolute atomic E-state index is 0.403. The highest BCUT2D eigenvalue weighted by Crippen LogP contribution is 2.12. The second-order valence-corrected chi connectivity index (χ2v) is 4.08. The monoisotopic (exact) mass is 225 g/mol. The Bertz CT molecular complexity index is 321. The summed E-state index contributed by atoms with van der Waals surface area (Å²) in [5.74, 6) is 1.04. The molecule has 0 saturated carbocycles. The first-order valence-corrected chi connectivity index (χ1v) is 5.59. The molecular weight excluding hydrogens is 206 g/mol. The summed E-state index contributed by atoms with van der Waals surface area (Å²) < 4.78 is 7.37. The number of ether oxygens (including phenoxy) is 1. The van der Waals surface area contributed by atoms with E-state index >= 15 is 0 Å². The molecule has 90 valence electrons. The van der Waals surface area contributed by atoms with Crippen LogP contribution in [0.25, 0.3) is 0 Å². The molecule has 0 amide bonds. The summed E-state index contributed by atoms with van der Waals surface area (Å²) in [5, 5.41) is 11.3. The van der Waals surface area contributed by atoms with E-state index in [4.69, 9.17) is 4.74 Å². The maximum atomic E-state index is 5.25. The van der Waals surface area contributed by atoms with Gasteiger partial charge in [0.25, 0.3) is 0 Å². The number of fused-ring (bicyclic) bond motifs is 1. The highest BCUT2D eigenvalue weighted by molar-refractivity contribution is 4.92. The zero-order chi connectivity index (χ0) is 11.4. The first-order chi connectivity index (χ1) is 7.85. The van der Waals surface area contributed by atoms with E-state index in [-0.39, 0.29) is 0 Å². The van der Waals surface area contributed by atoms with Gasteiger partial charge in [-0.05, 0) is 7.05 Å². The number of likely N-dealkylation sites (N-methyl/N-ethyl adjacent to an activating group) is 1. The first kappa shape index (κ1) is 11.5. The molecule has 1 aromatic heterocycles. The molecule has 0 bridgehead atoms.